The van der Waals surface area contributed by atoms with Crippen molar-refractivity contribution in [1.29, 1.82) is 0 Å². The zero-order valence-corrected chi connectivity index (χ0v) is 8.43. The summed E-state index contributed by atoms with van der Waals surface area (Å²) < 4.78 is 0. The Morgan fingerprint density at radius 1 is 1.38 bits per heavy atom. The smallest absolute Gasteiger partial charge is 0.181 e. The molecule has 1 aromatic rings. The van der Waals surface area contributed by atoms with Gasteiger partial charge in [-0.25, -0.2) is 0 Å². The van der Waals surface area contributed by atoms with Crippen molar-refractivity contribution < 1.29 is 51.4 Å². The normalized spacial score (nSPS) is 7.62. The van der Waals surface area contributed by atoms with E-state index in [0.29, 0.717) is 0 Å². The third kappa shape index (κ3) is 3.00. The van der Waals surface area contributed by atoms with Crippen molar-refractivity contribution >= 4 is 0 Å². The minimum Gasteiger partial charge on any atom is -0.181 e. The molecule has 0 aliphatic rings. The summed E-state index contributed by atoms with van der Waals surface area (Å²) in [5, 5.41) is 0. The molecule has 1 rings (SSSR count). The molecule has 1 aromatic carbocycles. The van der Waals surface area contributed by atoms with Crippen molar-refractivity contribution in [3.8, 4) is 0 Å². The molecular formula is C7H7K. The molecule has 0 saturated heterocycles. The van der Waals surface area contributed by atoms with Crippen LogP contribution in [0.25, 0.3) is 0 Å². The molecule has 0 fully saturated rings. The molecule has 36 valence electrons. The van der Waals surface area contributed by atoms with E-state index in [1.807, 2.05) is 31.2 Å². The van der Waals surface area contributed by atoms with E-state index in [1.165, 1.54) is 5.56 Å². The molecule has 0 nitrogen and oxygen atoms in total. The van der Waals surface area contributed by atoms with Gasteiger partial charge in [0.1, 0.15) is 0 Å². The first-order chi connectivity index (χ1) is 3.39. The van der Waals surface area contributed by atoms with Crippen LogP contribution in [0, 0.1) is 13.0 Å². The molecule has 0 aliphatic carbocycles. The Morgan fingerprint density at radius 3 is 2.38 bits per heavy atom. The Hall–Kier alpha value is 0.856. The Morgan fingerprint density at radius 2 is 2.12 bits per heavy atom. The maximum atomic E-state index is 3.03. The SMILES string of the molecule is Cc1[c-]cccc1.[K+]. The number of hydrogen-bond acceptors (Lipinski definition) is 0. The molecule has 0 aromatic heterocycles. The third-order valence-electron chi connectivity index (χ3n) is 0.865. The van der Waals surface area contributed by atoms with Crippen molar-refractivity contribution in [1.82, 2.24) is 0 Å². The summed E-state index contributed by atoms with van der Waals surface area (Å²) in [5.74, 6) is 0. The molecule has 8 heavy (non-hydrogen) atoms. The van der Waals surface area contributed by atoms with Gasteiger partial charge in [-0.2, -0.15) is 35.9 Å². The number of benzene rings is 1. The van der Waals surface area contributed by atoms with E-state index in [0.717, 1.165) is 0 Å². The second-order valence-electron chi connectivity index (χ2n) is 1.55. The van der Waals surface area contributed by atoms with Crippen LogP contribution in [0.1, 0.15) is 5.56 Å². The topological polar surface area (TPSA) is 0 Å². The zero-order chi connectivity index (χ0) is 5.11. The van der Waals surface area contributed by atoms with E-state index in [1.54, 1.807) is 0 Å². The molecule has 0 radical (unpaired) electrons. The van der Waals surface area contributed by atoms with E-state index in [-0.39, 0.29) is 51.4 Å². The van der Waals surface area contributed by atoms with Gasteiger partial charge in [-0.3, -0.25) is 0 Å². The molecule has 0 heterocycles. The van der Waals surface area contributed by atoms with Gasteiger partial charge in [0.05, 0.1) is 0 Å². The Balaban J connectivity index is 0.000000490. The summed E-state index contributed by atoms with van der Waals surface area (Å²) in [4.78, 5) is 0. The monoisotopic (exact) mass is 130 g/mol. The van der Waals surface area contributed by atoms with Gasteiger partial charge in [0, 0.05) is 0 Å². The molecule has 0 N–H and O–H groups in total. The number of hydrogen-bond donors (Lipinski definition) is 0. The predicted molar refractivity (Wildman–Crippen MR) is 30.0 cm³/mol. The first-order valence-electron chi connectivity index (χ1n) is 2.33. The zero-order valence-electron chi connectivity index (χ0n) is 5.31. The van der Waals surface area contributed by atoms with Crippen LogP contribution in [-0.2, 0) is 0 Å². The van der Waals surface area contributed by atoms with Crippen LogP contribution in [0.2, 0.25) is 0 Å². The van der Waals surface area contributed by atoms with Gasteiger partial charge in [-0.15, -0.1) is 0 Å². The van der Waals surface area contributed by atoms with Crippen molar-refractivity contribution in [2.24, 2.45) is 0 Å². The van der Waals surface area contributed by atoms with Crippen LogP contribution in [-0.4, -0.2) is 0 Å². The van der Waals surface area contributed by atoms with Gasteiger partial charge in [0.15, 0.2) is 0 Å². The maximum absolute atomic E-state index is 3.03. The number of rotatable bonds is 0. The van der Waals surface area contributed by atoms with E-state index < -0.39 is 0 Å². The summed E-state index contributed by atoms with van der Waals surface area (Å²) in [6, 6.07) is 10.9. The maximum Gasteiger partial charge on any atom is 1.00 e. The Labute approximate surface area is 92.7 Å². The molecule has 0 spiro atoms. The molecule has 0 amide bonds. The minimum absolute atomic E-state index is 0. The summed E-state index contributed by atoms with van der Waals surface area (Å²) in [6.45, 7) is 2.03. The standard InChI is InChI=1S/C7H7.K/c1-7-5-3-2-4-6-7;/h2-5H,1H3;/q-1;+1. The largest absolute Gasteiger partial charge is 1.00 e. The molecule has 1 heteroatoms. The summed E-state index contributed by atoms with van der Waals surface area (Å²) in [7, 11) is 0. The van der Waals surface area contributed by atoms with Crippen molar-refractivity contribution in [2.45, 2.75) is 6.92 Å². The van der Waals surface area contributed by atoms with Crippen LogP contribution in [0.4, 0.5) is 0 Å². The van der Waals surface area contributed by atoms with Crippen molar-refractivity contribution in [2.75, 3.05) is 0 Å². The van der Waals surface area contributed by atoms with Crippen LogP contribution >= 0.6 is 0 Å². The molecule has 0 unspecified atom stereocenters. The van der Waals surface area contributed by atoms with Crippen molar-refractivity contribution in [3.05, 3.63) is 35.9 Å². The van der Waals surface area contributed by atoms with Crippen LogP contribution < -0.4 is 51.4 Å². The molecule has 0 aliphatic heterocycles. The first-order valence-corrected chi connectivity index (χ1v) is 2.33. The predicted octanol–water partition coefficient (Wildman–Crippen LogP) is -1.20. The molecular weight excluding hydrogens is 123 g/mol. The second kappa shape index (κ2) is 4.71. The van der Waals surface area contributed by atoms with Gasteiger partial charge in [0.2, 0.25) is 0 Å². The fourth-order valence-electron chi connectivity index (χ4n) is 0.483. The van der Waals surface area contributed by atoms with E-state index >= 15 is 0 Å². The van der Waals surface area contributed by atoms with E-state index in [4.69, 9.17) is 0 Å². The van der Waals surface area contributed by atoms with Crippen molar-refractivity contribution in [3.63, 3.8) is 0 Å². The summed E-state index contributed by atoms with van der Waals surface area (Å²) in [6.07, 6.45) is 0. The average Bonchev–Trinajstić information content (AvgIpc) is 1.69. The van der Waals surface area contributed by atoms with Gasteiger partial charge >= 0.3 is 51.4 Å². The minimum atomic E-state index is 0. The summed E-state index contributed by atoms with van der Waals surface area (Å²) >= 11 is 0. The van der Waals surface area contributed by atoms with Gasteiger partial charge in [-0.1, -0.05) is 6.92 Å². The Kier molecular flexibility index (Phi) is 5.21. The first kappa shape index (κ1) is 8.86. The van der Waals surface area contributed by atoms with Crippen LogP contribution in [0.5, 0.6) is 0 Å². The molecule has 0 bridgehead atoms. The summed E-state index contributed by atoms with van der Waals surface area (Å²) in [5.41, 5.74) is 1.20. The van der Waals surface area contributed by atoms with E-state index in [2.05, 4.69) is 6.07 Å². The van der Waals surface area contributed by atoms with Crippen LogP contribution in [0.15, 0.2) is 24.3 Å². The average molecular weight is 130 g/mol. The quantitative estimate of drug-likeness (QED) is 0.306. The van der Waals surface area contributed by atoms with Gasteiger partial charge in [0.25, 0.3) is 0 Å². The fourth-order valence-corrected chi connectivity index (χ4v) is 0.483. The third-order valence-corrected chi connectivity index (χ3v) is 0.865. The van der Waals surface area contributed by atoms with Gasteiger partial charge in [-0.05, 0) is 0 Å². The van der Waals surface area contributed by atoms with Crippen LogP contribution in [0.3, 0.4) is 0 Å². The molecule has 0 atom stereocenters. The molecule has 0 saturated carbocycles. The van der Waals surface area contributed by atoms with E-state index in [9.17, 15) is 0 Å². The number of aryl methyl sites for hydroxylation is 1. The van der Waals surface area contributed by atoms with Gasteiger partial charge < -0.3 is 0 Å². The fraction of sp³-hybridized carbons (Fsp3) is 0.143. The second-order valence-corrected chi connectivity index (χ2v) is 1.55. The Bertz CT molecular complexity index is 134.